The summed E-state index contributed by atoms with van der Waals surface area (Å²) in [6.07, 6.45) is 5.37. The Morgan fingerprint density at radius 1 is 1.03 bits per heavy atom. The average molecular weight is 468 g/mol. The van der Waals surface area contributed by atoms with Crippen LogP contribution in [0.2, 0.25) is 0 Å². The van der Waals surface area contributed by atoms with Crippen LogP contribution in [0.3, 0.4) is 0 Å². The van der Waals surface area contributed by atoms with E-state index < -0.39 is 10.0 Å². The molecule has 6 nitrogen and oxygen atoms in total. The van der Waals surface area contributed by atoms with Crippen molar-refractivity contribution >= 4 is 21.6 Å². The fourth-order valence-corrected chi connectivity index (χ4v) is 6.66. The number of amides is 1. The minimum atomic E-state index is -3.59. The van der Waals surface area contributed by atoms with E-state index in [9.17, 15) is 13.2 Å². The third kappa shape index (κ3) is 4.72. The lowest BCUT2D eigenvalue weighted by Gasteiger charge is -2.32. The van der Waals surface area contributed by atoms with Gasteiger partial charge in [-0.2, -0.15) is 0 Å². The van der Waals surface area contributed by atoms with E-state index >= 15 is 0 Å². The fourth-order valence-electron chi connectivity index (χ4n) is 5.30. The summed E-state index contributed by atoms with van der Waals surface area (Å²) < 4.78 is 29.2. The van der Waals surface area contributed by atoms with Crippen LogP contribution >= 0.6 is 0 Å². The van der Waals surface area contributed by atoms with Gasteiger partial charge in [-0.25, -0.2) is 13.1 Å². The van der Waals surface area contributed by atoms with Gasteiger partial charge in [-0.15, -0.1) is 0 Å². The molecular formula is C26H33N3O3S. The van der Waals surface area contributed by atoms with E-state index in [-0.39, 0.29) is 23.9 Å². The van der Waals surface area contributed by atoms with Gasteiger partial charge in [-0.05, 0) is 68.4 Å². The number of hydrogen-bond acceptors (Lipinski definition) is 4. The van der Waals surface area contributed by atoms with Gasteiger partial charge in [0.05, 0.1) is 4.90 Å². The van der Waals surface area contributed by atoms with E-state index in [1.165, 1.54) is 5.56 Å². The van der Waals surface area contributed by atoms with Crippen LogP contribution < -0.4 is 9.62 Å². The molecule has 0 spiro atoms. The Bertz CT molecular complexity index is 1110. The second-order valence-electron chi connectivity index (χ2n) is 9.84. The molecule has 1 saturated heterocycles. The van der Waals surface area contributed by atoms with E-state index in [2.05, 4.69) is 33.9 Å². The predicted octanol–water partition coefficient (Wildman–Crippen LogP) is 3.71. The van der Waals surface area contributed by atoms with Crippen molar-refractivity contribution in [3.63, 3.8) is 0 Å². The molecule has 5 rings (SSSR count). The Morgan fingerprint density at radius 3 is 2.42 bits per heavy atom. The number of rotatable bonds is 6. The van der Waals surface area contributed by atoms with Crippen LogP contribution in [0.4, 0.5) is 5.69 Å². The van der Waals surface area contributed by atoms with E-state index in [1.54, 1.807) is 12.1 Å². The Labute approximate surface area is 197 Å². The monoisotopic (exact) mass is 467 g/mol. The summed E-state index contributed by atoms with van der Waals surface area (Å²) in [6, 6.07) is 15.7. The van der Waals surface area contributed by atoms with Crippen molar-refractivity contribution in [3.8, 4) is 0 Å². The van der Waals surface area contributed by atoms with Crippen molar-refractivity contribution in [2.75, 3.05) is 18.0 Å². The Kier molecular flexibility index (Phi) is 6.29. The minimum absolute atomic E-state index is 0.0501. The molecule has 1 amide bonds. The number of fused-ring (bicyclic) bond motifs is 1. The number of likely N-dealkylation sites (tertiary alicyclic amines) is 1. The van der Waals surface area contributed by atoms with Gasteiger partial charge in [0, 0.05) is 43.3 Å². The van der Waals surface area contributed by atoms with Gasteiger partial charge in [-0.1, -0.05) is 36.8 Å². The van der Waals surface area contributed by atoms with Gasteiger partial charge in [-0.3, -0.25) is 9.69 Å². The highest BCUT2D eigenvalue weighted by atomic mass is 32.2. The van der Waals surface area contributed by atoms with Crippen LogP contribution in [-0.2, 0) is 27.8 Å². The standard InChI is InChI=1S/C26H33N3O3S/c1-19-16-22-17-24(10-11-25(22)29(19)26(30)21-8-5-9-21)33(31,32)27-23-12-14-28(15-13-23)18-20-6-3-2-4-7-20/h2-4,6-7,10-11,17,19,21,23,27H,5,8-9,12-16,18H2,1H3/t19-/m1/s1. The van der Waals surface area contributed by atoms with Crippen molar-refractivity contribution in [1.82, 2.24) is 9.62 Å². The number of sulfonamides is 1. The van der Waals surface area contributed by atoms with E-state index in [1.807, 2.05) is 24.0 Å². The molecule has 0 aromatic heterocycles. The van der Waals surface area contributed by atoms with E-state index in [0.717, 1.165) is 63.0 Å². The molecule has 3 aliphatic rings. The highest BCUT2D eigenvalue weighted by molar-refractivity contribution is 7.89. The molecule has 2 fully saturated rings. The molecule has 2 heterocycles. The Hall–Kier alpha value is -2.22. The predicted molar refractivity (Wildman–Crippen MR) is 129 cm³/mol. The van der Waals surface area contributed by atoms with Crippen LogP contribution in [0.5, 0.6) is 0 Å². The van der Waals surface area contributed by atoms with Crippen molar-refractivity contribution < 1.29 is 13.2 Å². The molecule has 2 aliphatic heterocycles. The van der Waals surface area contributed by atoms with Crippen LogP contribution in [0.15, 0.2) is 53.4 Å². The average Bonchev–Trinajstić information content (AvgIpc) is 3.09. The number of benzene rings is 2. The van der Waals surface area contributed by atoms with Crippen molar-refractivity contribution in [2.45, 2.75) is 69.0 Å². The molecule has 1 aliphatic carbocycles. The molecule has 1 saturated carbocycles. The number of carbonyl (C=O) groups excluding carboxylic acids is 1. The summed E-state index contributed by atoms with van der Waals surface area (Å²) in [5.41, 5.74) is 3.12. The number of nitrogens with zero attached hydrogens (tertiary/aromatic N) is 2. The Balaban J connectivity index is 1.22. The van der Waals surface area contributed by atoms with Crippen LogP contribution in [0.1, 0.15) is 50.2 Å². The maximum Gasteiger partial charge on any atom is 0.240 e. The van der Waals surface area contributed by atoms with Crippen LogP contribution in [0, 0.1) is 5.92 Å². The third-order valence-corrected chi connectivity index (χ3v) is 8.95. The SMILES string of the molecule is C[C@@H]1Cc2cc(S(=O)(=O)NC3CCN(Cc4ccccc4)CC3)ccc2N1C(=O)C1CCC1. The summed E-state index contributed by atoms with van der Waals surface area (Å²) in [4.78, 5) is 17.5. The zero-order valence-electron chi connectivity index (χ0n) is 19.2. The number of nitrogens with one attached hydrogen (secondary N) is 1. The lowest BCUT2D eigenvalue weighted by atomic mass is 9.84. The molecule has 1 N–H and O–H groups in total. The quantitative estimate of drug-likeness (QED) is 0.703. The van der Waals surface area contributed by atoms with Gasteiger partial charge in [0.25, 0.3) is 0 Å². The third-order valence-electron chi connectivity index (χ3n) is 7.43. The number of hydrogen-bond donors (Lipinski definition) is 1. The van der Waals surface area contributed by atoms with Crippen molar-refractivity contribution in [2.24, 2.45) is 5.92 Å². The first-order valence-electron chi connectivity index (χ1n) is 12.2. The first-order valence-corrected chi connectivity index (χ1v) is 13.6. The Morgan fingerprint density at radius 2 is 1.76 bits per heavy atom. The summed E-state index contributed by atoms with van der Waals surface area (Å²) in [6.45, 7) is 4.70. The smallest absolute Gasteiger partial charge is 0.240 e. The number of carbonyl (C=O) groups is 1. The maximum atomic E-state index is 13.1. The molecule has 1 atom stereocenters. The van der Waals surface area contributed by atoms with Crippen LogP contribution in [-0.4, -0.2) is 44.4 Å². The molecule has 0 radical (unpaired) electrons. The molecule has 33 heavy (non-hydrogen) atoms. The summed E-state index contributed by atoms with van der Waals surface area (Å²) >= 11 is 0. The molecule has 2 aromatic carbocycles. The number of anilines is 1. The zero-order chi connectivity index (χ0) is 23.0. The second-order valence-corrected chi connectivity index (χ2v) is 11.6. The molecular weight excluding hydrogens is 434 g/mol. The lowest BCUT2D eigenvalue weighted by Crippen LogP contribution is -2.44. The summed E-state index contributed by atoms with van der Waals surface area (Å²) in [5, 5.41) is 0. The molecule has 0 bridgehead atoms. The van der Waals surface area contributed by atoms with Crippen molar-refractivity contribution in [1.29, 1.82) is 0 Å². The second kappa shape index (κ2) is 9.20. The first kappa shape index (κ1) is 22.6. The van der Waals surface area contributed by atoms with E-state index in [4.69, 9.17) is 0 Å². The normalized spacial score (nSPS) is 22.2. The zero-order valence-corrected chi connectivity index (χ0v) is 20.1. The summed E-state index contributed by atoms with van der Waals surface area (Å²) in [5.74, 6) is 0.333. The maximum absolute atomic E-state index is 13.1. The van der Waals surface area contributed by atoms with Crippen LogP contribution in [0.25, 0.3) is 0 Å². The van der Waals surface area contributed by atoms with Gasteiger partial charge < -0.3 is 4.90 Å². The summed E-state index contributed by atoms with van der Waals surface area (Å²) in [7, 11) is -3.59. The first-order chi connectivity index (χ1) is 15.9. The van der Waals surface area contributed by atoms with Crippen molar-refractivity contribution in [3.05, 3.63) is 59.7 Å². The van der Waals surface area contributed by atoms with Gasteiger partial charge in [0.1, 0.15) is 0 Å². The van der Waals surface area contributed by atoms with Gasteiger partial charge >= 0.3 is 0 Å². The molecule has 2 aromatic rings. The topological polar surface area (TPSA) is 69.7 Å². The minimum Gasteiger partial charge on any atom is -0.309 e. The number of piperidine rings is 1. The van der Waals surface area contributed by atoms with Gasteiger partial charge in [0.2, 0.25) is 15.9 Å². The van der Waals surface area contributed by atoms with Gasteiger partial charge in [0.15, 0.2) is 0 Å². The highest BCUT2D eigenvalue weighted by Gasteiger charge is 2.37. The fraction of sp³-hybridized carbons (Fsp3) is 0.500. The largest absolute Gasteiger partial charge is 0.309 e. The molecule has 0 unspecified atom stereocenters. The lowest BCUT2D eigenvalue weighted by molar-refractivity contribution is -0.125. The molecule has 176 valence electrons. The van der Waals surface area contributed by atoms with E-state index in [0.29, 0.717) is 11.3 Å². The highest BCUT2D eigenvalue weighted by Crippen LogP contribution is 2.38. The molecule has 7 heteroatoms.